The molecule has 3 rings (SSSR count). The van der Waals surface area contributed by atoms with Crippen molar-refractivity contribution in [2.45, 2.75) is 45.8 Å². The van der Waals surface area contributed by atoms with Crippen molar-refractivity contribution >= 4 is 11.8 Å². The average molecular weight is 410 g/mol. The number of anilines is 1. The van der Waals surface area contributed by atoms with Gasteiger partial charge in [0, 0.05) is 39.0 Å². The summed E-state index contributed by atoms with van der Waals surface area (Å²) in [6, 6.07) is 14.5. The lowest BCUT2D eigenvalue weighted by Gasteiger charge is -2.17. The van der Waals surface area contributed by atoms with Crippen LogP contribution in [0, 0.1) is 0 Å². The van der Waals surface area contributed by atoms with E-state index >= 15 is 0 Å². The van der Waals surface area contributed by atoms with E-state index < -0.39 is 0 Å². The van der Waals surface area contributed by atoms with Gasteiger partial charge in [0.1, 0.15) is 5.82 Å². The number of hydrogen-bond acceptors (Lipinski definition) is 4. The fourth-order valence-corrected chi connectivity index (χ4v) is 3.55. The molecular weight excluding hydrogens is 374 g/mol. The number of guanidine groups is 1. The Bertz CT molecular complexity index is 774. The molecule has 2 N–H and O–H groups in total. The number of aliphatic imine (C=N–C) groups is 1. The van der Waals surface area contributed by atoms with Crippen molar-refractivity contribution in [1.82, 2.24) is 15.6 Å². The standard InChI is InChI=1S/C24H35N5O/c1-3-25-24(27-13-9-17-30-20(2)22-10-5-4-6-11-22)28-19-21-12-14-26-23(18-21)29-15-7-8-16-29/h4-6,10-12,14,18,20H,3,7-9,13,15-17,19H2,1-2H3,(H2,25,27,28). The van der Waals surface area contributed by atoms with Crippen molar-refractivity contribution in [3.8, 4) is 0 Å². The molecule has 1 aliphatic rings. The van der Waals surface area contributed by atoms with Gasteiger partial charge in [-0.3, -0.25) is 0 Å². The van der Waals surface area contributed by atoms with Crippen molar-refractivity contribution in [2.75, 3.05) is 37.7 Å². The smallest absolute Gasteiger partial charge is 0.191 e. The molecular formula is C24H35N5O. The van der Waals surface area contributed by atoms with Crippen LogP contribution in [0.4, 0.5) is 5.82 Å². The minimum absolute atomic E-state index is 0.115. The molecule has 2 aromatic rings. The second-order valence-corrected chi connectivity index (χ2v) is 7.62. The second-order valence-electron chi connectivity index (χ2n) is 7.62. The molecule has 0 spiro atoms. The molecule has 1 unspecified atom stereocenters. The van der Waals surface area contributed by atoms with Crippen molar-refractivity contribution in [3.05, 3.63) is 59.8 Å². The third-order valence-electron chi connectivity index (χ3n) is 5.25. The maximum atomic E-state index is 5.95. The Morgan fingerprint density at radius 1 is 1.17 bits per heavy atom. The van der Waals surface area contributed by atoms with E-state index in [9.17, 15) is 0 Å². The number of nitrogens with zero attached hydrogens (tertiary/aromatic N) is 3. The van der Waals surface area contributed by atoms with Crippen LogP contribution in [-0.2, 0) is 11.3 Å². The van der Waals surface area contributed by atoms with Crippen LogP contribution in [0.1, 0.15) is 50.3 Å². The first-order chi connectivity index (χ1) is 14.8. The number of benzene rings is 1. The molecule has 0 aliphatic carbocycles. The molecule has 1 aliphatic heterocycles. The molecule has 1 aromatic heterocycles. The summed E-state index contributed by atoms with van der Waals surface area (Å²) in [6.45, 7) is 9.40. The molecule has 0 amide bonds. The van der Waals surface area contributed by atoms with Crippen LogP contribution in [0.3, 0.4) is 0 Å². The Hall–Kier alpha value is -2.60. The topological polar surface area (TPSA) is 61.8 Å². The van der Waals surface area contributed by atoms with Crippen molar-refractivity contribution in [2.24, 2.45) is 4.99 Å². The number of ether oxygens (including phenoxy) is 1. The minimum Gasteiger partial charge on any atom is -0.374 e. The fourth-order valence-electron chi connectivity index (χ4n) is 3.55. The van der Waals surface area contributed by atoms with Gasteiger partial charge in [-0.1, -0.05) is 30.3 Å². The zero-order valence-electron chi connectivity index (χ0n) is 18.3. The van der Waals surface area contributed by atoms with E-state index in [1.54, 1.807) is 0 Å². The van der Waals surface area contributed by atoms with Gasteiger partial charge in [0.15, 0.2) is 5.96 Å². The first-order valence-electron chi connectivity index (χ1n) is 11.1. The SMILES string of the molecule is CCNC(=NCc1ccnc(N2CCCC2)c1)NCCCOC(C)c1ccccc1. The maximum absolute atomic E-state index is 5.95. The molecule has 2 heterocycles. The third kappa shape index (κ3) is 7.02. The monoisotopic (exact) mass is 409 g/mol. The summed E-state index contributed by atoms with van der Waals surface area (Å²) in [5, 5.41) is 6.73. The van der Waals surface area contributed by atoms with Crippen molar-refractivity contribution < 1.29 is 4.74 Å². The van der Waals surface area contributed by atoms with Gasteiger partial charge < -0.3 is 20.3 Å². The first-order valence-corrected chi connectivity index (χ1v) is 11.1. The molecule has 6 nitrogen and oxygen atoms in total. The summed E-state index contributed by atoms with van der Waals surface area (Å²) in [5.41, 5.74) is 2.40. The normalized spacial score (nSPS) is 15.3. The molecule has 162 valence electrons. The Balaban J connectivity index is 1.42. The number of nitrogens with one attached hydrogen (secondary N) is 2. The zero-order valence-corrected chi connectivity index (χ0v) is 18.3. The lowest BCUT2D eigenvalue weighted by Crippen LogP contribution is -2.38. The van der Waals surface area contributed by atoms with Crippen molar-refractivity contribution in [3.63, 3.8) is 0 Å². The highest BCUT2D eigenvalue weighted by atomic mass is 16.5. The number of pyridine rings is 1. The van der Waals surface area contributed by atoms with E-state index in [1.807, 2.05) is 30.5 Å². The molecule has 0 saturated carbocycles. The first kappa shape index (κ1) is 22.1. The summed E-state index contributed by atoms with van der Waals surface area (Å²) in [5.74, 6) is 1.91. The zero-order chi connectivity index (χ0) is 21.0. The molecule has 0 bridgehead atoms. The van der Waals surface area contributed by atoms with Crippen LogP contribution in [0.5, 0.6) is 0 Å². The van der Waals surface area contributed by atoms with Gasteiger partial charge in [-0.2, -0.15) is 0 Å². The molecule has 1 aromatic carbocycles. The summed E-state index contributed by atoms with van der Waals surface area (Å²) in [4.78, 5) is 11.6. The Morgan fingerprint density at radius 3 is 2.73 bits per heavy atom. The molecule has 6 heteroatoms. The maximum Gasteiger partial charge on any atom is 0.191 e. The fraction of sp³-hybridized carbons (Fsp3) is 0.500. The Morgan fingerprint density at radius 2 is 1.97 bits per heavy atom. The third-order valence-corrected chi connectivity index (χ3v) is 5.25. The largest absolute Gasteiger partial charge is 0.374 e. The predicted octanol–water partition coefficient (Wildman–Crippen LogP) is 3.90. The van der Waals surface area contributed by atoms with Crippen LogP contribution < -0.4 is 15.5 Å². The highest BCUT2D eigenvalue weighted by Gasteiger charge is 2.13. The van der Waals surface area contributed by atoms with Crippen LogP contribution in [0.2, 0.25) is 0 Å². The number of hydrogen-bond donors (Lipinski definition) is 2. The molecule has 1 saturated heterocycles. The summed E-state index contributed by atoms with van der Waals surface area (Å²) < 4.78 is 5.95. The molecule has 1 atom stereocenters. The summed E-state index contributed by atoms with van der Waals surface area (Å²) >= 11 is 0. The van der Waals surface area contributed by atoms with Gasteiger partial charge in [0.05, 0.1) is 12.6 Å². The van der Waals surface area contributed by atoms with Crippen LogP contribution in [-0.4, -0.2) is 43.7 Å². The van der Waals surface area contributed by atoms with E-state index in [4.69, 9.17) is 9.73 Å². The van der Waals surface area contributed by atoms with Crippen LogP contribution >= 0.6 is 0 Å². The van der Waals surface area contributed by atoms with E-state index in [0.717, 1.165) is 44.4 Å². The van der Waals surface area contributed by atoms with Gasteiger partial charge in [0.25, 0.3) is 0 Å². The Kier molecular flexibility index (Phi) is 8.97. The molecule has 1 fully saturated rings. The number of aromatic nitrogens is 1. The van der Waals surface area contributed by atoms with Crippen molar-refractivity contribution in [1.29, 1.82) is 0 Å². The number of rotatable bonds is 10. The quantitative estimate of drug-likeness (QED) is 0.354. The van der Waals surface area contributed by atoms with E-state index in [0.29, 0.717) is 13.2 Å². The molecule has 30 heavy (non-hydrogen) atoms. The lowest BCUT2D eigenvalue weighted by atomic mass is 10.1. The minimum atomic E-state index is 0.115. The highest BCUT2D eigenvalue weighted by Crippen LogP contribution is 2.19. The van der Waals surface area contributed by atoms with Gasteiger partial charge in [-0.15, -0.1) is 0 Å². The van der Waals surface area contributed by atoms with E-state index in [-0.39, 0.29) is 6.10 Å². The van der Waals surface area contributed by atoms with E-state index in [1.165, 1.54) is 24.0 Å². The van der Waals surface area contributed by atoms with Crippen LogP contribution in [0.25, 0.3) is 0 Å². The Labute approximate surface area is 180 Å². The highest BCUT2D eigenvalue weighted by molar-refractivity contribution is 5.79. The van der Waals surface area contributed by atoms with Gasteiger partial charge in [-0.25, -0.2) is 9.98 Å². The van der Waals surface area contributed by atoms with Gasteiger partial charge in [-0.05, 0) is 56.4 Å². The predicted molar refractivity (Wildman–Crippen MR) is 124 cm³/mol. The van der Waals surface area contributed by atoms with Gasteiger partial charge >= 0.3 is 0 Å². The molecule has 0 radical (unpaired) electrons. The van der Waals surface area contributed by atoms with Gasteiger partial charge in [0.2, 0.25) is 0 Å². The lowest BCUT2D eigenvalue weighted by molar-refractivity contribution is 0.0646. The van der Waals surface area contributed by atoms with Crippen LogP contribution in [0.15, 0.2) is 53.7 Å². The second kappa shape index (κ2) is 12.2. The van der Waals surface area contributed by atoms with E-state index in [2.05, 4.69) is 52.6 Å². The average Bonchev–Trinajstić information content (AvgIpc) is 3.33. The summed E-state index contributed by atoms with van der Waals surface area (Å²) in [6.07, 6.45) is 5.45. The summed E-state index contributed by atoms with van der Waals surface area (Å²) in [7, 11) is 0.